The van der Waals surface area contributed by atoms with Crippen LogP contribution in [0.25, 0.3) is 0 Å². The molecule has 0 aliphatic carbocycles. The van der Waals surface area contributed by atoms with Gasteiger partial charge in [0.2, 0.25) is 5.91 Å². The van der Waals surface area contributed by atoms with E-state index in [2.05, 4.69) is 16.0 Å². The lowest BCUT2D eigenvalue weighted by Gasteiger charge is -2.08. The van der Waals surface area contributed by atoms with Crippen LogP contribution in [-0.2, 0) is 4.79 Å². The third-order valence-corrected chi connectivity index (χ3v) is 3.72. The van der Waals surface area contributed by atoms with Crippen LogP contribution in [0.2, 0.25) is 0 Å². The van der Waals surface area contributed by atoms with Crippen molar-refractivity contribution in [2.45, 2.75) is 19.8 Å². The van der Waals surface area contributed by atoms with Crippen LogP contribution in [0.1, 0.15) is 40.5 Å². The van der Waals surface area contributed by atoms with E-state index in [1.165, 1.54) is 24.3 Å². The van der Waals surface area contributed by atoms with Crippen LogP contribution in [0.5, 0.6) is 0 Å². The van der Waals surface area contributed by atoms with Gasteiger partial charge in [0.15, 0.2) is 0 Å². The molecule has 0 radical (unpaired) electrons. The molecule has 0 bridgehead atoms. The Morgan fingerprint density at radius 2 is 1.37 bits per heavy atom. The number of anilines is 1. The molecule has 3 amide bonds. The molecule has 2 rings (SSSR count). The lowest BCUT2D eigenvalue weighted by Crippen LogP contribution is -2.34. The number of halogens is 1. The maximum atomic E-state index is 12.9. The van der Waals surface area contributed by atoms with E-state index in [0.717, 1.165) is 6.42 Å². The molecule has 27 heavy (non-hydrogen) atoms. The van der Waals surface area contributed by atoms with Crippen molar-refractivity contribution in [1.82, 2.24) is 10.6 Å². The average Bonchev–Trinajstić information content (AvgIpc) is 2.66. The van der Waals surface area contributed by atoms with E-state index in [9.17, 15) is 18.8 Å². The fourth-order valence-corrected chi connectivity index (χ4v) is 2.30. The largest absolute Gasteiger partial charge is 0.354 e. The van der Waals surface area contributed by atoms with Crippen molar-refractivity contribution in [3.8, 4) is 0 Å². The lowest BCUT2D eigenvalue weighted by atomic mass is 10.1. The molecule has 0 heterocycles. The van der Waals surface area contributed by atoms with E-state index >= 15 is 0 Å². The predicted octanol–water partition coefficient (Wildman–Crippen LogP) is 2.72. The summed E-state index contributed by atoms with van der Waals surface area (Å²) in [7, 11) is 0. The highest BCUT2D eigenvalue weighted by Crippen LogP contribution is 2.12. The molecule has 0 saturated heterocycles. The first-order chi connectivity index (χ1) is 13.0. The maximum Gasteiger partial charge on any atom is 0.255 e. The second kappa shape index (κ2) is 10.1. The zero-order valence-corrected chi connectivity index (χ0v) is 15.0. The molecule has 0 aliphatic rings. The topological polar surface area (TPSA) is 87.3 Å². The van der Waals surface area contributed by atoms with E-state index < -0.39 is 5.82 Å². The minimum Gasteiger partial charge on any atom is -0.354 e. The van der Waals surface area contributed by atoms with Gasteiger partial charge in [-0.25, -0.2) is 4.39 Å². The average molecular weight is 371 g/mol. The molecule has 0 aliphatic heterocycles. The minimum atomic E-state index is -0.410. The summed E-state index contributed by atoms with van der Waals surface area (Å²) in [6.07, 6.45) is 1.25. The number of rotatable bonds is 8. The molecule has 2 aromatic carbocycles. The summed E-state index contributed by atoms with van der Waals surface area (Å²) in [5.74, 6) is -1.08. The van der Waals surface area contributed by atoms with Gasteiger partial charge in [-0.3, -0.25) is 14.4 Å². The van der Waals surface area contributed by atoms with Crippen molar-refractivity contribution in [1.29, 1.82) is 0 Å². The highest BCUT2D eigenvalue weighted by Gasteiger charge is 2.08. The van der Waals surface area contributed by atoms with Gasteiger partial charge in [0.25, 0.3) is 11.8 Å². The molecule has 0 fully saturated rings. The van der Waals surface area contributed by atoms with Gasteiger partial charge >= 0.3 is 0 Å². The summed E-state index contributed by atoms with van der Waals surface area (Å²) in [4.78, 5) is 35.5. The number of nitrogens with one attached hydrogen (secondary N) is 3. The van der Waals surface area contributed by atoms with E-state index in [1.807, 2.05) is 6.92 Å². The third-order valence-electron chi connectivity index (χ3n) is 3.72. The number of hydrogen-bond donors (Lipinski definition) is 3. The molecular formula is C20H22FN3O3. The molecule has 0 atom stereocenters. The first-order valence-electron chi connectivity index (χ1n) is 8.71. The van der Waals surface area contributed by atoms with Crippen LogP contribution in [0.15, 0.2) is 48.5 Å². The summed E-state index contributed by atoms with van der Waals surface area (Å²) in [6, 6.07) is 11.6. The minimum absolute atomic E-state index is 0.0343. The zero-order valence-electron chi connectivity index (χ0n) is 15.0. The summed E-state index contributed by atoms with van der Waals surface area (Å²) < 4.78 is 12.9. The quantitative estimate of drug-likeness (QED) is 0.624. The Hall–Kier alpha value is -3.22. The Morgan fingerprint density at radius 1 is 0.815 bits per heavy atom. The molecule has 0 aromatic heterocycles. The second-order valence-electron chi connectivity index (χ2n) is 5.89. The summed E-state index contributed by atoms with van der Waals surface area (Å²) >= 11 is 0. The van der Waals surface area contributed by atoms with Gasteiger partial charge in [0.05, 0.1) is 0 Å². The van der Waals surface area contributed by atoms with Crippen LogP contribution in [0.4, 0.5) is 10.1 Å². The number of hydrogen-bond acceptors (Lipinski definition) is 3. The van der Waals surface area contributed by atoms with E-state index in [1.54, 1.807) is 24.3 Å². The van der Waals surface area contributed by atoms with Crippen molar-refractivity contribution in [2.75, 3.05) is 18.4 Å². The summed E-state index contributed by atoms with van der Waals surface area (Å²) in [5, 5.41) is 8.11. The molecule has 0 unspecified atom stereocenters. The zero-order chi connectivity index (χ0) is 19.6. The Kier molecular flexibility index (Phi) is 7.49. The standard InChI is InChI=1S/C20H22FN3O3/c1-2-3-18(25)22-12-13-23-19(26)14-6-10-17(11-7-14)24-20(27)15-4-8-16(21)9-5-15/h4-11H,2-3,12-13H2,1H3,(H,22,25)(H,23,26)(H,24,27). The number of carbonyl (C=O) groups is 3. The van der Waals surface area contributed by atoms with Gasteiger partial charge < -0.3 is 16.0 Å². The number of amides is 3. The summed E-state index contributed by atoms with van der Waals surface area (Å²) in [5.41, 5.74) is 1.30. The Balaban J connectivity index is 1.81. The van der Waals surface area contributed by atoms with Crippen molar-refractivity contribution in [3.63, 3.8) is 0 Å². The number of carbonyl (C=O) groups excluding carboxylic acids is 3. The highest BCUT2D eigenvalue weighted by molar-refractivity contribution is 6.04. The molecule has 142 valence electrons. The maximum absolute atomic E-state index is 12.9. The van der Waals surface area contributed by atoms with E-state index in [4.69, 9.17) is 0 Å². The van der Waals surface area contributed by atoms with Gasteiger partial charge in [-0.15, -0.1) is 0 Å². The monoisotopic (exact) mass is 371 g/mol. The van der Waals surface area contributed by atoms with E-state index in [-0.39, 0.29) is 17.7 Å². The Morgan fingerprint density at radius 3 is 2.00 bits per heavy atom. The molecular weight excluding hydrogens is 349 g/mol. The molecule has 2 aromatic rings. The second-order valence-corrected chi connectivity index (χ2v) is 5.89. The van der Waals surface area contributed by atoms with Gasteiger partial charge in [0, 0.05) is 36.3 Å². The first kappa shape index (κ1) is 20.1. The van der Waals surface area contributed by atoms with Gasteiger partial charge in [0.1, 0.15) is 5.82 Å². The Labute approximate surface area is 157 Å². The van der Waals surface area contributed by atoms with Crippen molar-refractivity contribution in [3.05, 3.63) is 65.5 Å². The van der Waals surface area contributed by atoms with E-state index in [0.29, 0.717) is 36.3 Å². The smallest absolute Gasteiger partial charge is 0.255 e. The molecule has 6 nitrogen and oxygen atoms in total. The SMILES string of the molecule is CCCC(=O)NCCNC(=O)c1ccc(NC(=O)c2ccc(F)cc2)cc1. The van der Waals surface area contributed by atoms with Crippen molar-refractivity contribution in [2.24, 2.45) is 0 Å². The number of benzene rings is 2. The van der Waals surface area contributed by atoms with Crippen LogP contribution in [0, 0.1) is 5.82 Å². The third kappa shape index (κ3) is 6.54. The van der Waals surface area contributed by atoms with Gasteiger partial charge in [-0.05, 0) is 55.0 Å². The molecule has 0 spiro atoms. The van der Waals surface area contributed by atoms with Gasteiger partial charge in [-0.1, -0.05) is 6.92 Å². The molecule has 3 N–H and O–H groups in total. The first-order valence-corrected chi connectivity index (χ1v) is 8.71. The fourth-order valence-electron chi connectivity index (χ4n) is 2.30. The molecule has 0 saturated carbocycles. The van der Waals surface area contributed by atoms with Crippen molar-refractivity contribution >= 4 is 23.4 Å². The van der Waals surface area contributed by atoms with Crippen molar-refractivity contribution < 1.29 is 18.8 Å². The highest BCUT2D eigenvalue weighted by atomic mass is 19.1. The fraction of sp³-hybridized carbons (Fsp3) is 0.250. The van der Waals surface area contributed by atoms with Crippen LogP contribution >= 0.6 is 0 Å². The molecule has 7 heteroatoms. The summed E-state index contributed by atoms with van der Waals surface area (Å²) in [6.45, 7) is 2.63. The van der Waals surface area contributed by atoms with Crippen LogP contribution < -0.4 is 16.0 Å². The van der Waals surface area contributed by atoms with Crippen LogP contribution in [-0.4, -0.2) is 30.8 Å². The van der Waals surface area contributed by atoms with Crippen LogP contribution in [0.3, 0.4) is 0 Å². The Bertz CT molecular complexity index is 789. The lowest BCUT2D eigenvalue weighted by molar-refractivity contribution is -0.121. The normalized spacial score (nSPS) is 10.1. The predicted molar refractivity (Wildman–Crippen MR) is 101 cm³/mol. The van der Waals surface area contributed by atoms with Gasteiger partial charge in [-0.2, -0.15) is 0 Å².